The molecule has 9 heteroatoms. The van der Waals surface area contributed by atoms with Gasteiger partial charge in [0.2, 0.25) is 5.91 Å². The molecule has 1 aliphatic heterocycles. The van der Waals surface area contributed by atoms with Gasteiger partial charge in [-0.3, -0.25) is 9.59 Å². The zero-order valence-corrected chi connectivity index (χ0v) is 19.4. The normalized spacial score (nSPS) is 14.0. The van der Waals surface area contributed by atoms with Crippen molar-refractivity contribution in [2.24, 2.45) is 0 Å². The number of aryl methyl sites for hydroxylation is 1. The maximum Gasteiger partial charge on any atom is 0.335 e. The highest BCUT2D eigenvalue weighted by molar-refractivity contribution is 6.16. The molecule has 3 aromatic carbocycles. The smallest absolute Gasteiger partial charge is 0.335 e. The first-order valence-electron chi connectivity index (χ1n) is 11.1. The molecule has 36 heavy (non-hydrogen) atoms. The number of rotatable bonds is 8. The number of aromatic carboxylic acids is 1. The number of imide groups is 1. The van der Waals surface area contributed by atoms with Crippen LogP contribution in [0.1, 0.15) is 27.0 Å². The van der Waals surface area contributed by atoms with Crippen molar-refractivity contribution < 1.29 is 29.0 Å². The fraction of sp³-hybridized carbons (Fsp3) is 0.111. The minimum absolute atomic E-state index is 0.00654. The number of carboxylic acids is 1. The molecule has 1 heterocycles. The topological polar surface area (TPSA) is 125 Å². The molecule has 0 saturated carbocycles. The highest BCUT2D eigenvalue weighted by Crippen LogP contribution is 2.24. The molecule has 4 amide bonds. The Labute approximate surface area is 207 Å². The van der Waals surface area contributed by atoms with Gasteiger partial charge in [0, 0.05) is 11.3 Å². The van der Waals surface area contributed by atoms with E-state index in [4.69, 9.17) is 9.84 Å². The Kier molecular flexibility index (Phi) is 7.10. The predicted molar refractivity (Wildman–Crippen MR) is 132 cm³/mol. The van der Waals surface area contributed by atoms with E-state index in [2.05, 4.69) is 10.6 Å². The van der Waals surface area contributed by atoms with Gasteiger partial charge in [0.1, 0.15) is 24.6 Å². The SMILES string of the molecule is Cc1ccc(NC(=O)CN2C(=O)N/C(=C/c3ccccc3OCc3cccc(C(=O)O)c3)C2=O)cc1. The number of amides is 4. The lowest BCUT2D eigenvalue weighted by Crippen LogP contribution is -2.38. The number of carbonyl (C=O) groups excluding carboxylic acids is 3. The van der Waals surface area contributed by atoms with Gasteiger partial charge in [-0.25, -0.2) is 14.5 Å². The first kappa shape index (κ1) is 24.2. The molecule has 1 fully saturated rings. The van der Waals surface area contributed by atoms with Crippen LogP contribution in [-0.4, -0.2) is 40.4 Å². The maximum atomic E-state index is 12.8. The van der Waals surface area contributed by atoms with Crippen LogP contribution >= 0.6 is 0 Å². The summed E-state index contributed by atoms with van der Waals surface area (Å²) in [5.41, 5.74) is 2.95. The number of carboxylic acid groups (broad SMARTS) is 1. The predicted octanol–water partition coefficient (Wildman–Crippen LogP) is 3.80. The molecule has 1 aliphatic rings. The number of para-hydroxylation sites is 1. The van der Waals surface area contributed by atoms with Crippen LogP contribution in [0, 0.1) is 6.92 Å². The second-order valence-electron chi connectivity index (χ2n) is 8.13. The average molecular weight is 485 g/mol. The summed E-state index contributed by atoms with van der Waals surface area (Å²) in [6, 6.07) is 19.7. The monoisotopic (exact) mass is 485 g/mol. The van der Waals surface area contributed by atoms with Crippen molar-refractivity contribution in [1.29, 1.82) is 0 Å². The quantitative estimate of drug-likeness (QED) is 0.329. The molecule has 9 nitrogen and oxygen atoms in total. The van der Waals surface area contributed by atoms with Gasteiger partial charge in [0.15, 0.2) is 0 Å². The van der Waals surface area contributed by atoms with Crippen LogP contribution in [-0.2, 0) is 16.2 Å². The van der Waals surface area contributed by atoms with E-state index in [1.165, 1.54) is 18.2 Å². The number of nitrogens with one attached hydrogen (secondary N) is 2. The van der Waals surface area contributed by atoms with Crippen molar-refractivity contribution in [1.82, 2.24) is 10.2 Å². The summed E-state index contributed by atoms with van der Waals surface area (Å²) in [5.74, 6) is -1.74. The van der Waals surface area contributed by atoms with E-state index in [9.17, 15) is 19.2 Å². The Morgan fingerprint density at radius 3 is 2.53 bits per heavy atom. The Morgan fingerprint density at radius 2 is 1.78 bits per heavy atom. The maximum absolute atomic E-state index is 12.8. The molecule has 3 N–H and O–H groups in total. The molecule has 1 saturated heterocycles. The second-order valence-corrected chi connectivity index (χ2v) is 8.13. The van der Waals surface area contributed by atoms with Crippen molar-refractivity contribution in [3.05, 3.63) is 101 Å². The van der Waals surface area contributed by atoms with E-state index in [0.717, 1.165) is 10.5 Å². The van der Waals surface area contributed by atoms with E-state index < -0.39 is 30.4 Å². The third-order valence-corrected chi connectivity index (χ3v) is 5.39. The number of carbonyl (C=O) groups is 4. The molecular formula is C27H23N3O6. The lowest BCUT2D eigenvalue weighted by atomic mass is 10.1. The lowest BCUT2D eigenvalue weighted by Gasteiger charge is -2.12. The molecule has 0 aromatic heterocycles. The first-order chi connectivity index (χ1) is 17.3. The lowest BCUT2D eigenvalue weighted by molar-refractivity contribution is -0.127. The van der Waals surface area contributed by atoms with E-state index in [-0.39, 0.29) is 17.9 Å². The minimum atomic E-state index is -1.03. The van der Waals surface area contributed by atoms with Crippen molar-refractivity contribution in [3.63, 3.8) is 0 Å². The van der Waals surface area contributed by atoms with E-state index >= 15 is 0 Å². The summed E-state index contributed by atoms with van der Waals surface area (Å²) >= 11 is 0. The van der Waals surface area contributed by atoms with Crippen LogP contribution in [0.4, 0.5) is 10.5 Å². The third-order valence-electron chi connectivity index (χ3n) is 5.39. The van der Waals surface area contributed by atoms with Crippen molar-refractivity contribution >= 4 is 35.6 Å². The van der Waals surface area contributed by atoms with Crippen LogP contribution < -0.4 is 15.4 Å². The first-order valence-corrected chi connectivity index (χ1v) is 11.1. The average Bonchev–Trinajstić information content (AvgIpc) is 3.12. The van der Waals surface area contributed by atoms with Gasteiger partial charge >= 0.3 is 12.0 Å². The van der Waals surface area contributed by atoms with Crippen LogP contribution in [0.5, 0.6) is 5.75 Å². The Hall–Kier alpha value is -4.92. The summed E-state index contributed by atoms with van der Waals surface area (Å²) < 4.78 is 5.86. The third kappa shape index (κ3) is 5.76. The fourth-order valence-electron chi connectivity index (χ4n) is 3.54. The number of urea groups is 1. The van der Waals surface area contributed by atoms with Crippen molar-refractivity contribution in [2.45, 2.75) is 13.5 Å². The standard InChI is InChI=1S/C27H23N3O6/c1-17-9-11-21(12-10-17)28-24(31)15-30-25(32)22(29-27(30)35)14-19-6-2-3-8-23(19)36-16-18-5-4-7-20(13-18)26(33)34/h2-14H,15-16H2,1H3,(H,28,31)(H,29,35)(H,33,34)/b22-14+. The number of nitrogens with zero attached hydrogens (tertiary/aromatic N) is 1. The van der Waals surface area contributed by atoms with Crippen LogP contribution in [0.3, 0.4) is 0 Å². The van der Waals surface area contributed by atoms with Gasteiger partial charge in [-0.05, 0) is 48.9 Å². The molecule has 0 bridgehead atoms. The van der Waals surface area contributed by atoms with E-state index in [1.807, 2.05) is 19.1 Å². The molecule has 0 aliphatic carbocycles. The number of hydrogen-bond donors (Lipinski definition) is 3. The van der Waals surface area contributed by atoms with Gasteiger partial charge in [0.25, 0.3) is 5.91 Å². The molecule has 0 unspecified atom stereocenters. The number of anilines is 1. The van der Waals surface area contributed by atoms with E-state index in [1.54, 1.807) is 48.5 Å². The van der Waals surface area contributed by atoms with Crippen LogP contribution in [0.25, 0.3) is 6.08 Å². The largest absolute Gasteiger partial charge is 0.488 e. The molecule has 4 rings (SSSR count). The van der Waals surface area contributed by atoms with Gasteiger partial charge in [0.05, 0.1) is 5.56 Å². The van der Waals surface area contributed by atoms with Crippen molar-refractivity contribution in [2.75, 3.05) is 11.9 Å². The van der Waals surface area contributed by atoms with Crippen molar-refractivity contribution in [3.8, 4) is 5.75 Å². The van der Waals surface area contributed by atoms with Gasteiger partial charge in [-0.2, -0.15) is 0 Å². The summed E-state index contributed by atoms with van der Waals surface area (Å²) in [6.07, 6.45) is 1.47. The summed E-state index contributed by atoms with van der Waals surface area (Å²) in [6.45, 7) is 1.59. The molecule has 3 aromatic rings. The van der Waals surface area contributed by atoms with Crippen LogP contribution in [0.15, 0.2) is 78.5 Å². The fourth-order valence-corrected chi connectivity index (χ4v) is 3.54. The highest BCUT2D eigenvalue weighted by atomic mass is 16.5. The van der Waals surface area contributed by atoms with Crippen LogP contribution in [0.2, 0.25) is 0 Å². The number of ether oxygens (including phenoxy) is 1. The molecular weight excluding hydrogens is 462 g/mol. The van der Waals surface area contributed by atoms with Gasteiger partial charge in [-0.15, -0.1) is 0 Å². The molecule has 0 atom stereocenters. The number of benzene rings is 3. The molecule has 0 spiro atoms. The Balaban J connectivity index is 1.44. The highest BCUT2D eigenvalue weighted by Gasteiger charge is 2.35. The summed E-state index contributed by atoms with van der Waals surface area (Å²) in [4.78, 5) is 49.6. The van der Waals surface area contributed by atoms with Gasteiger partial charge in [-0.1, -0.05) is 48.0 Å². The second kappa shape index (κ2) is 10.6. The molecule has 0 radical (unpaired) electrons. The zero-order chi connectivity index (χ0) is 25.7. The van der Waals surface area contributed by atoms with E-state index in [0.29, 0.717) is 22.6 Å². The molecule has 182 valence electrons. The Morgan fingerprint density at radius 1 is 1.03 bits per heavy atom. The number of hydrogen-bond acceptors (Lipinski definition) is 5. The summed E-state index contributed by atoms with van der Waals surface area (Å²) in [5, 5.41) is 14.3. The summed E-state index contributed by atoms with van der Waals surface area (Å²) in [7, 11) is 0. The van der Waals surface area contributed by atoms with Gasteiger partial charge < -0.3 is 20.5 Å². The zero-order valence-electron chi connectivity index (χ0n) is 19.4. The minimum Gasteiger partial charge on any atom is -0.488 e. The Bertz CT molecular complexity index is 1360.